The van der Waals surface area contributed by atoms with Gasteiger partial charge >= 0.3 is 5.97 Å². The Bertz CT molecular complexity index is 593. The largest absolute Gasteiger partial charge is 0.461 e. The fraction of sp³-hybridized carbons (Fsp3) is 0.231. The van der Waals surface area contributed by atoms with Crippen LogP contribution in [0.25, 0.3) is 5.69 Å². The van der Waals surface area contributed by atoms with Gasteiger partial charge in [0.1, 0.15) is 12.1 Å². The summed E-state index contributed by atoms with van der Waals surface area (Å²) in [7, 11) is 0. The van der Waals surface area contributed by atoms with E-state index in [-0.39, 0.29) is 24.7 Å². The number of hydrogen-bond acceptors (Lipinski definition) is 5. The van der Waals surface area contributed by atoms with E-state index in [1.165, 1.54) is 6.33 Å². The first kappa shape index (κ1) is 13.1. The number of carbonyl (C=O) groups excluding carboxylic acids is 1. The summed E-state index contributed by atoms with van der Waals surface area (Å²) in [6.45, 7) is 1.85. The Morgan fingerprint density at radius 3 is 2.89 bits per heavy atom. The van der Waals surface area contributed by atoms with Gasteiger partial charge in [0.15, 0.2) is 5.69 Å². The predicted octanol–water partition coefficient (Wildman–Crippen LogP) is 1.12. The van der Waals surface area contributed by atoms with E-state index in [2.05, 4.69) is 4.98 Å². The van der Waals surface area contributed by atoms with E-state index in [0.29, 0.717) is 11.3 Å². The number of aliphatic hydroxyl groups is 1. The lowest BCUT2D eigenvalue weighted by molar-refractivity contribution is 0.0521. The summed E-state index contributed by atoms with van der Waals surface area (Å²) in [5.74, 6) is -0.362. The molecule has 0 spiro atoms. The van der Waals surface area contributed by atoms with Gasteiger partial charge in [-0.05, 0) is 13.0 Å². The van der Waals surface area contributed by atoms with Crippen LogP contribution >= 0.6 is 0 Å². The van der Waals surface area contributed by atoms with Gasteiger partial charge < -0.3 is 15.6 Å². The Hall–Kier alpha value is -2.34. The molecule has 0 fully saturated rings. The molecule has 19 heavy (non-hydrogen) atoms. The van der Waals surface area contributed by atoms with Crippen molar-refractivity contribution < 1.29 is 14.6 Å². The summed E-state index contributed by atoms with van der Waals surface area (Å²) < 4.78 is 6.42. The van der Waals surface area contributed by atoms with Gasteiger partial charge in [0.25, 0.3) is 0 Å². The van der Waals surface area contributed by atoms with Crippen LogP contribution in [0, 0.1) is 0 Å². The minimum atomic E-state index is -0.555. The number of imidazole rings is 1. The molecule has 2 aromatic rings. The lowest BCUT2D eigenvalue weighted by atomic mass is 10.2. The molecule has 3 N–H and O–H groups in total. The fourth-order valence-corrected chi connectivity index (χ4v) is 1.79. The van der Waals surface area contributed by atoms with Gasteiger partial charge in [-0.1, -0.05) is 18.2 Å². The summed E-state index contributed by atoms with van der Waals surface area (Å²) in [6.07, 6.45) is 1.44. The number of aliphatic hydroxyl groups excluding tert-OH is 1. The predicted molar refractivity (Wildman–Crippen MR) is 69.9 cm³/mol. The average molecular weight is 261 g/mol. The maximum Gasteiger partial charge on any atom is 0.360 e. The number of nitrogens with zero attached hydrogens (tertiary/aromatic N) is 2. The molecule has 2 rings (SSSR count). The minimum absolute atomic E-state index is 0.0783. The number of para-hydroxylation sites is 1. The van der Waals surface area contributed by atoms with Crippen LogP contribution in [0.1, 0.15) is 23.0 Å². The number of aromatic nitrogens is 2. The zero-order chi connectivity index (χ0) is 13.8. The van der Waals surface area contributed by atoms with Crippen molar-refractivity contribution >= 4 is 11.8 Å². The summed E-state index contributed by atoms with van der Waals surface area (Å²) in [5, 5.41) is 9.30. The van der Waals surface area contributed by atoms with Gasteiger partial charge in [-0.25, -0.2) is 9.78 Å². The molecule has 0 amide bonds. The Kier molecular flexibility index (Phi) is 3.82. The molecule has 0 unspecified atom stereocenters. The number of carbonyl (C=O) groups is 1. The van der Waals surface area contributed by atoms with Crippen molar-refractivity contribution in [2.24, 2.45) is 0 Å². The number of ether oxygens (including phenoxy) is 1. The lowest BCUT2D eigenvalue weighted by Crippen LogP contribution is -2.10. The van der Waals surface area contributed by atoms with E-state index in [1.807, 2.05) is 12.1 Å². The highest BCUT2D eigenvalue weighted by molar-refractivity contribution is 5.92. The van der Waals surface area contributed by atoms with Crippen molar-refractivity contribution in [3.8, 4) is 5.69 Å². The second-order valence-electron chi connectivity index (χ2n) is 3.86. The first-order chi connectivity index (χ1) is 9.19. The quantitative estimate of drug-likeness (QED) is 0.805. The molecule has 0 aliphatic rings. The van der Waals surface area contributed by atoms with Crippen molar-refractivity contribution in [3.05, 3.63) is 41.9 Å². The Labute approximate surface area is 110 Å². The zero-order valence-electron chi connectivity index (χ0n) is 10.5. The van der Waals surface area contributed by atoms with Gasteiger partial charge in [0.05, 0.1) is 18.9 Å². The van der Waals surface area contributed by atoms with Gasteiger partial charge in [-0.2, -0.15) is 0 Å². The van der Waals surface area contributed by atoms with Crippen molar-refractivity contribution in [3.63, 3.8) is 0 Å². The van der Waals surface area contributed by atoms with E-state index in [4.69, 9.17) is 10.5 Å². The van der Waals surface area contributed by atoms with E-state index in [9.17, 15) is 9.90 Å². The SMILES string of the molecule is CCOC(=O)c1ncn(-c2ccccc2CO)c1N. The highest BCUT2D eigenvalue weighted by atomic mass is 16.5. The maximum atomic E-state index is 11.6. The first-order valence-electron chi connectivity index (χ1n) is 5.88. The van der Waals surface area contributed by atoms with Gasteiger partial charge in [-0.15, -0.1) is 0 Å². The first-order valence-corrected chi connectivity index (χ1v) is 5.88. The molecule has 0 radical (unpaired) electrons. The lowest BCUT2D eigenvalue weighted by Gasteiger charge is -2.09. The van der Waals surface area contributed by atoms with E-state index < -0.39 is 5.97 Å². The highest BCUT2D eigenvalue weighted by Gasteiger charge is 2.18. The number of anilines is 1. The highest BCUT2D eigenvalue weighted by Crippen LogP contribution is 2.21. The third-order valence-corrected chi connectivity index (χ3v) is 2.69. The molecule has 0 aliphatic carbocycles. The summed E-state index contributed by atoms with van der Waals surface area (Å²) in [5.41, 5.74) is 7.37. The van der Waals surface area contributed by atoms with Crippen LogP contribution in [-0.2, 0) is 11.3 Å². The standard InChI is InChI=1S/C13H15N3O3/c1-2-19-13(18)11-12(14)16(8-15-11)10-6-4-3-5-9(10)7-17/h3-6,8,17H,2,7,14H2,1H3. The fourth-order valence-electron chi connectivity index (χ4n) is 1.79. The van der Waals surface area contributed by atoms with Crippen molar-refractivity contribution in [2.45, 2.75) is 13.5 Å². The number of benzene rings is 1. The Balaban J connectivity index is 2.44. The maximum absolute atomic E-state index is 11.6. The molecule has 0 saturated carbocycles. The monoisotopic (exact) mass is 261 g/mol. The van der Waals surface area contributed by atoms with Crippen LogP contribution in [0.15, 0.2) is 30.6 Å². The smallest absolute Gasteiger partial charge is 0.360 e. The molecule has 0 aliphatic heterocycles. The topological polar surface area (TPSA) is 90.4 Å². The summed E-state index contributed by atoms with van der Waals surface area (Å²) in [6, 6.07) is 7.20. The van der Waals surface area contributed by atoms with E-state index in [0.717, 1.165) is 0 Å². The number of nitrogen functional groups attached to an aromatic ring is 1. The van der Waals surface area contributed by atoms with Crippen molar-refractivity contribution in [2.75, 3.05) is 12.3 Å². The van der Waals surface area contributed by atoms with Crippen LogP contribution in [0.4, 0.5) is 5.82 Å². The third-order valence-electron chi connectivity index (χ3n) is 2.69. The van der Waals surface area contributed by atoms with E-state index >= 15 is 0 Å². The number of hydrogen-bond donors (Lipinski definition) is 2. The number of rotatable bonds is 4. The molecule has 0 bridgehead atoms. The van der Waals surface area contributed by atoms with Crippen LogP contribution in [0.3, 0.4) is 0 Å². The minimum Gasteiger partial charge on any atom is -0.461 e. The van der Waals surface area contributed by atoms with E-state index in [1.54, 1.807) is 23.6 Å². The molecule has 1 heterocycles. The van der Waals surface area contributed by atoms with Crippen LogP contribution < -0.4 is 5.73 Å². The summed E-state index contributed by atoms with van der Waals surface area (Å²) >= 11 is 0. The van der Waals surface area contributed by atoms with Crippen LogP contribution in [0.5, 0.6) is 0 Å². The Morgan fingerprint density at radius 2 is 2.21 bits per heavy atom. The second-order valence-corrected chi connectivity index (χ2v) is 3.86. The molecule has 1 aromatic heterocycles. The van der Waals surface area contributed by atoms with Gasteiger partial charge in [-0.3, -0.25) is 4.57 Å². The zero-order valence-corrected chi connectivity index (χ0v) is 10.5. The van der Waals surface area contributed by atoms with Crippen LogP contribution in [-0.4, -0.2) is 27.2 Å². The number of nitrogens with two attached hydrogens (primary N) is 1. The molecule has 0 atom stereocenters. The van der Waals surface area contributed by atoms with Gasteiger partial charge in [0, 0.05) is 5.56 Å². The molecular formula is C13H15N3O3. The second kappa shape index (κ2) is 5.53. The average Bonchev–Trinajstić information content (AvgIpc) is 2.80. The number of esters is 1. The van der Waals surface area contributed by atoms with Crippen molar-refractivity contribution in [1.29, 1.82) is 0 Å². The molecule has 6 heteroatoms. The Morgan fingerprint density at radius 1 is 1.47 bits per heavy atom. The van der Waals surface area contributed by atoms with Gasteiger partial charge in [0.2, 0.25) is 0 Å². The molecule has 6 nitrogen and oxygen atoms in total. The molecule has 100 valence electrons. The molecule has 0 saturated heterocycles. The van der Waals surface area contributed by atoms with Crippen molar-refractivity contribution in [1.82, 2.24) is 9.55 Å². The summed E-state index contributed by atoms with van der Waals surface area (Å²) in [4.78, 5) is 15.6. The normalized spacial score (nSPS) is 10.4. The molecular weight excluding hydrogens is 246 g/mol. The van der Waals surface area contributed by atoms with Crippen LogP contribution in [0.2, 0.25) is 0 Å². The third kappa shape index (κ3) is 2.43. The molecule has 1 aromatic carbocycles.